The Morgan fingerprint density at radius 3 is 2.59 bits per heavy atom. The zero-order valence-electron chi connectivity index (χ0n) is 18.4. The lowest BCUT2D eigenvalue weighted by Crippen LogP contribution is -2.15. The fourth-order valence-corrected chi connectivity index (χ4v) is 3.47. The minimum atomic E-state index is -4.64. The van der Waals surface area contributed by atoms with Gasteiger partial charge in [0, 0.05) is 41.0 Å². The Bertz CT molecular complexity index is 1420. The molecule has 0 saturated heterocycles. The number of alkyl halides is 3. The second kappa shape index (κ2) is 9.01. The monoisotopic (exact) mass is 463 g/mol. The molecular formula is C25H20F3N5O. The number of amides is 1. The van der Waals surface area contributed by atoms with Gasteiger partial charge in [-0.3, -0.25) is 9.78 Å². The molecule has 1 N–H and O–H groups in total. The maximum absolute atomic E-state index is 13.0. The van der Waals surface area contributed by atoms with Crippen molar-refractivity contribution in [3.05, 3.63) is 83.7 Å². The molecule has 4 aromatic rings. The molecule has 34 heavy (non-hydrogen) atoms. The van der Waals surface area contributed by atoms with E-state index in [1.807, 2.05) is 26.0 Å². The molecule has 0 atom stereocenters. The van der Waals surface area contributed by atoms with E-state index >= 15 is 0 Å². The molecular weight excluding hydrogens is 443 g/mol. The lowest BCUT2D eigenvalue weighted by Gasteiger charge is -2.14. The van der Waals surface area contributed by atoms with Crippen molar-refractivity contribution in [3.63, 3.8) is 0 Å². The molecule has 6 nitrogen and oxygen atoms in total. The number of nitrogens with zero attached hydrogens (tertiary/aromatic N) is 4. The highest BCUT2D eigenvalue weighted by atomic mass is 19.4. The number of fused-ring (bicyclic) bond motifs is 1. The van der Waals surface area contributed by atoms with E-state index in [9.17, 15) is 18.0 Å². The van der Waals surface area contributed by atoms with E-state index in [1.165, 1.54) is 6.07 Å². The van der Waals surface area contributed by atoms with Crippen molar-refractivity contribution in [2.24, 2.45) is 0 Å². The topological polar surface area (TPSA) is 80.7 Å². The molecule has 0 aliphatic heterocycles. The minimum absolute atomic E-state index is 0.146. The highest BCUT2D eigenvalue weighted by Crippen LogP contribution is 2.32. The predicted octanol–water partition coefficient (Wildman–Crippen LogP) is 5.87. The summed E-state index contributed by atoms with van der Waals surface area (Å²) in [5.74, 6) is 0.0113. The Labute approximate surface area is 193 Å². The third kappa shape index (κ3) is 4.63. The lowest BCUT2D eigenvalue weighted by molar-refractivity contribution is -0.141. The van der Waals surface area contributed by atoms with Crippen molar-refractivity contribution in [1.29, 1.82) is 0 Å². The normalized spacial score (nSPS) is 11.4. The van der Waals surface area contributed by atoms with E-state index in [-0.39, 0.29) is 5.56 Å². The SMILES string of the molecule is C=Cc1nc2nc(CC)ncc2cc1-c1cc(NC(=O)c2ccnc(C(F)(F)F)c2)ccc1C. The second-order valence-corrected chi connectivity index (χ2v) is 7.59. The van der Waals surface area contributed by atoms with Crippen LogP contribution >= 0.6 is 0 Å². The van der Waals surface area contributed by atoms with Gasteiger partial charge in [0.2, 0.25) is 0 Å². The molecule has 9 heteroatoms. The molecule has 172 valence electrons. The first-order chi connectivity index (χ1) is 16.2. The van der Waals surface area contributed by atoms with Gasteiger partial charge in [0.25, 0.3) is 5.91 Å². The average molecular weight is 463 g/mol. The number of nitrogens with one attached hydrogen (secondary N) is 1. The first-order valence-corrected chi connectivity index (χ1v) is 10.4. The Hall–Kier alpha value is -4.14. The molecule has 0 aliphatic rings. The minimum Gasteiger partial charge on any atom is -0.322 e. The van der Waals surface area contributed by atoms with E-state index < -0.39 is 17.8 Å². The van der Waals surface area contributed by atoms with Crippen LogP contribution in [0.15, 0.2) is 55.4 Å². The number of benzene rings is 1. The van der Waals surface area contributed by atoms with Crippen LogP contribution in [0.5, 0.6) is 0 Å². The van der Waals surface area contributed by atoms with Gasteiger partial charge in [-0.1, -0.05) is 19.6 Å². The van der Waals surface area contributed by atoms with Gasteiger partial charge in [-0.15, -0.1) is 0 Å². The molecule has 0 fully saturated rings. The highest BCUT2D eigenvalue weighted by molar-refractivity contribution is 6.04. The van der Waals surface area contributed by atoms with Gasteiger partial charge in [0.15, 0.2) is 5.65 Å². The average Bonchev–Trinajstić information content (AvgIpc) is 2.83. The summed E-state index contributed by atoms with van der Waals surface area (Å²) < 4.78 is 38.9. The van der Waals surface area contributed by atoms with Crippen molar-refractivity contribution in [2.75, 3.05) is 5.32 Å². The van der Waals surface area contributed by atoms with Crippen LogP contribution in [0.2, 0.25) is 0 Å². The van der Waals surface area contributed by atoms with Gasteiger partial charge in [-0.2, -0.15) is 13.2 Å². The molecule has 0 bridgehead atoms. The van der Waals surface area contributed by atoms with E-state index in [0.717, 1.165) is 34.3 Å². The highest BCUT2D eigenvalue weighted by Gasteiger charge is 2.33. The fraction of sp³-hybridized carbons (Fsp3) is 0.160. The maximum atomic E-state index is 13.0. The van der Waals surface area contributed by atoms with Gasteiger partial charge < -0.3 is 5.32 Å². The standard InChI is InChI=1S/C25H20F3N5O/c1-4-20-19(10-16-13-30-22(5-2)33-23(16)32-20)18-12-17(7-6-14(18)3)31-24(34)15-8-9-29-21(11-15)25(26,27)28/h4,6-13H,1,5H2,2-3H3,(H,31,34). The first kappa shape index (κ1) is 23.0. The summed E-state index contributed by atoms with van der Waals surface area (Å²) in [5.41, 5.74) is 2.79. The Kier molecular flexibility index (Phi) is 6.10. The molecule has 4 rings (SSSR count). The predicted molar refractivity (Wildman–Crippen MR) is 124 cm³/mol. The number of hydrogen-bond donors (Lipinski definition) is 1. The zero-order valence-corrected chi connectivity index (χ0v) is 18.4. The van der Waals surface area contributed by atoms with Gasteiger partial charge in [-0.05, 0) is 54.5 Å². The largest absolute Gasteiger partial charge is 0.433 e. The maximum Gasteiger partial charge on any atom is 0.433 e. The summed E-state index contributed by atoms with van der Waals surface area (Å²) in [6, 6.07) is 9.10. The van der Waals surface area contributed by atoms with E-state index in [2.05, 4.69) is 31.8 Å². The third-order valence-electron chi connectivity index (χ3n) is 5.26. The van der Waals surface area contributed by atoms with Crippen LogP contribution in [0.1, 0.15) is 40.1 Å². The summed E-state index contributed by atoms with van der Waals surface area (Å²) in [6.45, 7) is 7.73. The summed E-state index contributed by atoms with van der Waals surface area (Å²) in [5, 5.41) is 3.41. The quantitative estimate of drug-likeness (QED) is 0.400. The first-order valence-electron chi connectivity index (χ1n) is 10.4. The van der Waals surface area contributed by atoms with Crippen molar-refractivity contribution < 1.29 is 18.0 Å². The van der Waals surface area contributed by atoms with Crippen LogP contribution in [-0.4, -0.2) is 25.8 Å². The van der Waals surface area contributed by atoms with Crippen molar-refractivity contribution >= 4 is 28.7 Å². The van der Waals surface area contributed by atoms with Crippen LogP contribution in [0.3, 0.4) is 0 Å². The molecule has 1 amide bonds. The summed E-state index contributed by atoms with van der Waals surface area (Å²) in [6.07, 6.45) is 0.349. The Balaban J connectivity index is 1.71. The van der Waals surface area contributed by atoms with Crippen LogP contribution < -0.4 is 5.32 Å². The molecule has 3 heterocycles. The summed E-state index contributed by atoms with van der Waals surface area (Å²) >= 11 is 0. The van der Waals surface area contributed by atoms with Gasteiger partial charge in [-0.25, -0.2) is 15.0 Å². The molecule has 0 aliphatic carbocycles. The fourth-order valence-electron chi connectivity index (χ4n) is 3.47. The second-order valence-electron chi connectivity index (χ2n) is 7.59. The van der Waals surface area contributed by atoms with Crippen molar-refractivity contribution in [2.45, 2.75) is 26.4 Å². The number of carbonyl (C=O) groups is 1. The number of aromatic nitrogens is 4. The number of pyridine rings is 2. The number of aryl methyl sites for hydroxylation is 2. The molecule has 3 aromatic heterocycles. The van der Waals surface area contributed by atoms with Gasteiger partial charge in [0.05, 0.1) is 5.69 Å². The number of hydrogen-bond acceptors (Lipinski definition) is 5. The summed E-state index contributed by atoms with van der Waals surface area (Å²) in [7, 11) is 0. The molecule has 0 unspecified atom stereocenters. The molecule has 0 spiro atoms. The van der Waals surface area contributed by atoms with E-state index in [1.54, 1.807) is 24.4 Å². The van der Waals surface area contributed by atoms with Crippen LogP contribution in [-0.2, 0) is 12.6 Å². The third-order valence-corrected chi connectivity index (χ3v) is 5.26. The van der Waals surface area contributed by atoms with Gasteiger partial charge in [0.1, 0.15) is 11.5 Å². The van der Waals surface area contributed by atoms with Crippen molar-refractivity contribution in [1.82, 2.24) is 19.9 Å². The molecule has 0 saturated carbocycles. The van der Waals surface area contributed by atoms with Crippen LogP contribution in [0, 0.1) is 6.92 Å². The lowest BCUT2D eigenvalue weighted by atomic mass is 9.97. The Morgan fingerprint density at radius 2 is 1.88 bits per heavy atom. The number of carbonyl (C=O) groups excluding carboxylic acids is 1. The van der Waals surface area contributed by atoms with Crippen molar-refractivity contribution in [3.8, 4) is 11.1 Å². The zero-order chi connectivity index (χ0) is 24.5. The molecule has 1 aromatic carbocycles. The number of anilines is 1. The Morgan fingerprint density at radius 1 is 1.09 bits per heavy atom. The van der Waals surface area contributed by atoms with Crippen LogP contribution in [0.25, 0.3) is 28.2 Å². The van der Waals surface area contributed by atoms with E-state index in [0.29, 0.717) is 29.3 Å². The van der Waals surface area contributed by atoms with E-state index in [4.69, 9.17) is 0 Å². The summed E-state index contributed by atoms with van der Waals surface area (Å²) in [4.78, 5) is 29.3. The number of halogens is 3. The molecule has 0 radical (unpaired) electrons. The van der Waals surface area contributed by atoms with Crippen LogP contribution in [0.4, 0.5) is 18.9 Å². The van der Waals surface area contributed by atoms with Gasteiger partial charge >= 0.3 is 6.18 Å². The smallest absolute Gasteiger partial charge is 0.322 e. The number of rotatable bonds is 5.